The second-order valence-electron chi connectivity index (χ2n) is 7.37. The lowest BCUT2D eigenvalue weighted by atomic mass is 9.77. The molecule has 2 saturated heterocycles. The van der Waals surface area contributed by atoms with Gasteiger partial charge in [0, 0.05) is 58.0 Å². The molecule has 1 aromatic heterocycles. The van der Waals surface area contributed by atoms with Gasteiger partial charge in [-0.15, -0.1) is 0 Å². The van der Waals surface area contributed by atoms with Gasteiger partial charge in [0.15, 0.2) is 0 Å². The quantitative estimate of drug-likeness (QED) is 0.801. The van der Waals surface area contributed by atoms with Crippen molar-refractivity contribution >= 4 is 5.91 Å². The third-order valence-corrected chi connectivity index (χ3v) is 5.48. The Bertz CT molecular complexity index is 649. The van der Waals surface area contributed by atoms with E-state index in [1.54, 1.807) is 27.8 Å². The lowest BCUT2D eigenvalue weighted by Gasteiger charge is -2.42. The molecule has 140 valence electrons. The molecule has 8 heteroatoms. The Labute approximate surface area is 146 Å². The number of rotatable bonds is 5. The molecule has 0 N–H and O–H groups in total. The first-order valence-electron chi connectivity index (χ1n) is 8.62. The molecule has 2 aliphatic rings. The predicted octanol–water partition coefficient (Wildman–Crippen LogP) is 1.43. The van der Waals surface area contributed by atoms with E-state index in [4.69, 9.17) is 4.74 Å². The van der Waals surface area contributed by atoms with Crippen molar-refractivity contribution in [1.82, 2.24) is 19.6 Å². The summed E-state index contributed by atoms with van der Waals surface area (Å²) < 4.78 is 35.7. The first kappa shape index (κ1) is 18.3. The van der Waals surface area contributed by atoms with Crippen LogP contribution in [0.15, 0.2) is 6.20 Å². The lowest BCUT2D eigenvalue weighted by molar-refractivity contribution is -0.155. The average molecular weight is 356 g/mol. The van der Waals surface area contributed by atoms with Crippen LogP contribution in [-0.4, -0.2) is 71.3 Å². The van der Waals surface area contributed by atoms with Crippen molar-refractivity contribution in [2.75, 3.05) is 39.9 Å². The fraction of sp³-hybridized carbons (Fsp3) is 0.765. The number of carbonyl (C=O) groups excluding carboxylic acids is 1. The molecule has 25 heavy (non-hydrogen) atoms. The molecule has 0 radical (unpaired) electrons. The van der Waals surface area contributed by atoms with Crippen LogP contribution in [-0.2, 0) is 23.1 Å². The summed E-state index contributed by atoms with van der Waals surface area (Å²) >= 11 is 0. The molecule has 2 fully saturated rings. The van der Waals surface area contributed by atoms with Gasteiger partial charge >= 0.3 is 0 Å². The van der Waals surface area contributed by atoms with Crippen LogP contribution in [0.5, 0.6) is 0 Å². The monoisotopic (exact) mass is 356 g/mol. The third-order valence-electron chi connectivity index (χ3n) is 5.48. The minimum atomic E-state index is -2.86. The van der Waals surface area contributed by atoms with Crippen LogP contribution >= 0.6 is 0 Å². The maximum atomic E-state index is 14.5. The van der Waals surface area contributed by atoms with Crippen LogP contribution in [0.1, 0.15) is 24.1 Å². The Morgan fingerprint density at radius 2 is 2.12 bits per heavy atom. The number of hydrogen-bond acceptors (Lipinski definition) is 4. The molecule has 1 unspecified atom stereocenters. The fourth-order valence-electron chi connectivity index (χ4n) is 4.09. The fourth-order valence-corrected chi connectivity index (χ4v) is 4.09. The number of nitrogens with zero attached hydrogens (tertiary/aromatic N) is 4. The number of alkyl halides is 2. The lowest BCUT2D eigenvalue weighted by Crippen LogP contribution is -2.55. The molecule has 1 atom stereocenters. The highest BCUT2D eigenvalue weighted by atomic mass is 19.3. The summed E-state index contributed by atoms with van der Waals surface area (Å²) in [5.41, 5.74) is 0.908. The van der Waals surface area contributed by atoms with Crippen LogP contribution in [0.4, 0.5) is 8.78 Å². The number of halogens is 2. The third kappa shape index (κ3) is 3.55. The van der Waals surface area contributed by atoms with Crippen molar-refractivity contribution in [3.05, 3.63) is 17.5 Å². The van der Waals surface area contributed by atoms with Crippen LogP contribution in [0.25, 0.3) is 0 Å². The Morgan fingerprint density at radius 1 is 1.36 bits per heavy atom. The average Bonchev–Trinajstić information content (AvgIpc) is 2.99. The zero-order valence-corrected chi connectivity index (χ0v) is 15.1. The number of ether oxygens (including phenoxy) is 1. The molecule has 0 saturated carbocycles. The van der Waals surface area contributed by atoms with Gasteiger partial charge in [-0.1, -0.05) is 0 Å². The highest BCUT2D eigenvalue weighted by Crippen LogP contribution is 2.45. The summed E-state index contributed by atoms with van der Waals surface area (Å²) in [6, 6.07) is 0. The Morgan fingerprint density at radius 3 is 2.76 bits per heavy atom. The van der Waals surface area contributed by atoms with E-state index in [9.17, 15) is 13.6 Å². The number of amides is 1. The van der Waals surface area contributed by atoms with E-state index in [2.05, 4.69) is 5.10 Å². The summed E-state index contributed by atoms with van der Waals surface area (Å²) in [6.07, 6.45) is 1.84. The summed E-state index contributed by atoms with van der Waals surface area (Å²) in [5.74, 6) is -3.02. The van der Waals surface area contributed by atoms with Gasteiger partial charge in [0.1, 0.15) is 0 Å². The van der Waals surface area contributed by atoms with Crippen LogP contribution in [0.2, 0.25) is 0 Å². The van der Waals surface area contributed by atoms with E-state index in [-0.39, 0.29) is 18.9 Å². The number of methoxy groups -OCH3 is 1. The Kier molecular flexibility index (Phi) is 4.85. The number of aryl methyl sites for hydroxylation is 1. The van der Waals surface area contributed by atoms with Crippen molar-refractivity contribution in [3.8, 4) is 0 Å². The number of aromatic nitrogens is 2. The van der Waals surface area contributed by atoms with Gasteiger partial charge in [0.25, 0.3) is 5.92 Å². The van der Waals surface area contributed by atoms with Gasteiger partial charge in [0.2, 0.25) is 5.91 Å². The van der Waals surface area contributed by atoms with E-state index in [0.29, 0.717) is 39.2 Å². The first-order valence-corrected chi connectivity index (χ1v) is 8.62. The summed E-state index contributed by atoms with van der Waals surface area (Å²) in [5, 5.41) is 4.18. The van der Waals surface area contributed by atoms with Crippen LogP contribution in [0.3, 0.4) is 0 Å². The molecular weight excluding hydrogens is 330 g/mol. The maximum Gasteiger partial charge on any atom is 0.261 e. The molecule has 1 aromatic rings. The summed E-state index contributed by atoms with van der Waals surface area (Å²) in [7, 11) is 3.41. The van der Waals surface area contributed by atoms with E-state index in [1.165, 1.54) is 0 Å². The standard InChI is InChI=1S/C17H26F2N4O2/c1-13-14(8-20-21(13)2)9-22-11-16(10-17(18,19)12-22)4-5-23(15(16)24)6-7-25-3/h8H,4-7,9-12H2,1-3H3. The number of hydrogen-bond donors (Lipinski definition) is 0. The van der Waals surface area contributed by atoms with E-state index >= 15 is 0 Å². The molecule has 2 aliphatic heterocycles. The van der Waals surface area contributed by atoms with Crippen molar-refractivity contribution < 1.29 is 18.3 Å². The molecule has 3 rings (SSSR count). The Balaban J connectivity index is 1.77. The second-order valence-corrected chi connectivity index (χ2v) is 7.37. The zero-order chi connectivity index (χ0) is 18.2. The van der Waals surface area contributed by atoms with Crippen molar-refractivity contribution in [2.45, 2.75) is 32.2 Å². The summed E-state index contributed by atoms with van der Waals surface area (Å²) in [4.78, 5) is 16.2. The SMILES string of the molecule is COCCN1CCC2(CN(Cc3cnn(C)c3C)CC(F)(F)C2)C1=O. The minimum absolute atomic E-state index is 0.156. The van der Waals surface area contributed by atoms with Crippen molar-refractivity contribution in [3.63, 3.8) is 0 Å². The molecule has 0 aromatic carbocycles. The molecule has 0 aliphatic carbocycles. The van der Waals surface area contributed by atoms with Gasteiger partial charge < -0.3 is 9.64 Å². The van der Waals surface area contributed by atoms with Gasteiger partial charge in [-0.25, -0.2) is 8.78 Å². The van der Waals surface area contributed by atoms with E-state index in [0.717, 1.165) is 11.3 Å². The number of carbonyl (C=O) groups is 1. The van der Waals surface area contributed by atoms with E-state index < -0.39 is 11.3 Å². The molecular formula is C17H26F2N4O2. The number of piperidine rings is 1. The smallest absolute Gasteiger partial charge is 0.261 e. The first-order chi connectivity index (χ1) is 11.8. The molecule has 3 heterocycles. The predicted molar refractivity (Wildman–Crippen MR) is 88.3 cm³/mol. The van der Waals surface area contributed by atoms with Crippen LogP contribution < -0.4 is 0 Å². The van der Waals surface area contributed by atoms with Gasteiger partial charge in [-0.05, 0) is 13.3 Å². The molecule has 6 nitrogen and oxygen atoms in total. The maximum absolute atomic E-state index is 14.5. The minimum Gasteiger partial charge on any atom is -0.383 e. The van der Waals surface area contributed by atoms with E-state index in [1.807, 2.05) is 14.0 Å². The van der Waals surface area contributed by atoms with Gasteiger partial charge in [-0.3, -0.25) is 14.4 Å². The van der Waals surface area contributed by atoms with Crippen LogP contribution in [0, 0.1) is 12.3 Å². The zero-order valence-electron chi connectivity index (χ0n) is 15.1. The highest BCUT2D eigenvalue weighted by molar-refractivity contribution is 5.85. The second kappa shape index (κ2) is 6.64. The van der Waals surface area contributed by atoms with Crippen molar-refractivity contribution in [2.24, 2.45) is 12.5 Å². The van der Waals surface area contributed by atoms with Gasteiger partial charge in [-0.2, -0.15) is 5.10 Å². The normalized spacial score (nSPS) is 26.8. The molecule has 0 bridgehead atoms. The summed E-state index contributed by atoms with van der Waals surface area (Å²) in [6.45, 7) is 3.79. The Hall–Kier alpha value is -1.54. The largest absolute Gasteiger partial charge is 0.383 e. The van der Waals surface area contributed by atoms with Crippen molar-refractivity contribution in [1.29, 1.82) is 0 Å². The molecule has 1 spiro atoms. The molecule has 1 amide bonds. The highest BCUT2D eigenvalue weighted by Gasteiger charge is 2.56. The topological polar surface area (TPSA) is 50.6 Å². The van der Waals surface area contributed by atoms with Gasteiger partial charge in [0.05, 0.1) is 24.8 Å². The number of likely N-dealkylation sites (tertiary alicyclic amines) is 2.